The van der Waals surface area contributed by atoms with Gasteiger partial charge in [0, 0.05) is 31.7 Å². The van der Waals surface area contributed by atoms with Crippen LogP contribution < -0.4 is 5.32 Å². The van der Waals surface area contributed by atoms with Crippen molar-refractivity contribution in [2.75, 3.05) is 0 Å². The maximum Gasteiger partial charge on any atom is 0.224 e. The van der Waals surface area contributed by atoms with Crippen LogP contribution in [0.15, 0.2) is 30.4 Å². The van der Waals surface area contributed by atoms with Gasteiger partial charge >= 0.3 is 0 Å². The molecule has 1 aliphatic carbocycles. The van der Waals surface area contributed by atoms with Gasteiger partial charge in [0.25, 0.3) is 0 Å². The number of hydrogen-bond acceptors (Lipinski definition) is 6. The van der Waals surface area contributed by atoms with E-state index in [1.165, 1.54) is 12.0 Å². The lowest BCUT2D eigenvalue weighted by molar-refractivity contribution is -0.130. The van der Waals surface area contributed by atoms with Crippen LogP contribution in [0.2, 0.25) is 0 Å². The number of amides is 1. The van der Waals surface area contributed by atoms with Crippen LogP contribution in [0, 0.1) is 23.2 Å². The highest BCUT2D eigenvalue weighted by molar-refractivity contribution is 7.18. The Kier molecular flexibility index (Phi) is 11.2. The lowest BCUT2D eigenvalue weighted by Gasteiger charge is -2.32. The van der Waals surface area contributed by atoms with Crippen LogP contribution in [0.5, 0.6) is 0 Å². The third-order valence-corrected chi connectivity index (χ3v) is 8.66. The number of aromatic nitrogens is 1. The molecule has 1 saturated carbocycles. The molecular weight excluding hydrogens is 494 g/mol. The molecule has 0 spiro atoms. The van der Waals surface area contributed by atoms with Crippen molar-refractivity contribution in [3.05, 3.63) is 40.9 Å². The van der Waals surface area contributed by atoms with Gasteiger partial charge in [0.1, 0.15) is 11.9 Å². The molecule has 1 heterocycles. The average Bonchev–Trinajstić information content (AvgIpc) is 3.32. The Balaban J connectivity index is 1.79. The Bertz CT molecular complexity index is 1190. The third-order valence-electron chi connectivity index (χ3n) is 7.62. The van der Waals surface area contributed by atoms with Gasteiger partial charge in [0.2, 0.25) is 5.91 Å². The smallest absolute Gasteiger partial charge is 0.224 e. The van der Waals surface area contributed by atoms with E-state index in [9.17, 15) is 14.4 Å². The molecule has 1 fully saturated rings. The highest BCUT2D eigenvalue weighted by Gasteiger charge is 2.30. The predicted molar refractivity (Wildman–Crippen MR) is 153 cm³/mol. The molecule has 7 heteroatoms. The topological polar surface area (TPSA) is 99.9 Å². The summed E-state index contributed by atoms with van der Waals surface area (Å²) in [6.07, 6.45) is 7.89. The molecule has 38 heavy (non-hydrogen) atoms. The summed E-state index contributed by atoms with van der Waals surface area (Å²) in [5, 5.41) is 13.1. The fourth-order valence-corrected chi connectivity index (χ4v) is 6.42. The van der Waals surface area contributed by atoms with Gasteiger partial charge in [0.15, 0.2) is 5.78 Å². The number of carbonyl (C=O) groups is 3. The first-order chi connectivity index (χ1) is 18.2. The van der Waals surface area contributed by atoms with Crippen LogP contribution in [0.4, 0.5) is 0 Å². The van der Waals surface area contributed by atoms with Gasteiger partial charge in [-0.2, -0.15) is 5.26 Å². The van der Waals surface area contributed by atoms with Crippen LogP contribution in [-0.4, -0.2) is 28.5 Å². The van der Waals surface area contributed by atoms with E-state index in [-0.39, 0.29) is 41.9 Å². The molecule has 1 aromatic heterocycles. The van der Waals surface area contributed by atoms with E-state index in [1.807, 2.05) is 19.1 Å². The molecule has 0 unspecified atom stereocenters. The first-order valence-electron chi connectivity index (χ1n) is 14.0. The number of nitriles is 1. The molecule has 0 saturated heterocycles. The highest BCUT2D eigenvalue weighted by atomic mass is 32.1. The molecule has 0 bridgehead atoms. The molecule has 0 aliphatic heterocycles. The average molecular weight is 536 g/mol. The van der Waals surface area contributed by atoms with Crippen LogP contribution in [0.3, 0.4) is 0 Å². The summed E-state index contributed by atoms with van der Waals surface area (Å²) < 4.78 is 1.10. The number of benzene rings is 1. The monoisotopic (exact) mass is 535 g/mol. The summed E-state index contributed by atoms with van der Waals surface area (Å²) in [7, 11) is 0. The zero-order valence-corrected chi connectivity index (χ0v) is 23.9. The molecule has 1 aliphatic rings. The Hall–Kier alpha value is -2.85. The summed E-state index contributed by atoms with van der Waals surface area (Å²) in [5.74, 6) is -0.115. The number of thiazole rings is 1. The summed E-state index contributed by atoms with van der Waals surface area (Å²) in [6.45, 7) is 9.84. The maximum atomic E-state index is 13.7. The van der Waals surface area contributed by atoms with E-state index in [4.69, 9.17) is 10.2 Å². The van der Waals surface area contributed by atoms with Crippen LogP contribution in [0.1, 0.15) is 101 Å². The van der Waals surface area contributed by atoms with E-state index in [1.54, 1.807) is 11.3 Å². The normalized spacial score (nSPS) is 15.7. The molecule has 2 aromatic rings. The molecule has 2 atom stereocenters. The molecule has 0 radical (unpaired) electrons. The number of carbonyl (C=O) groups excluding carboxylic acids is 3. The molecule has 1 amide bonds. The van der Waals surface area contributed by atoms with E-state index in [2.05, 4.69) is 37.9 Å². The Morgan fingerprint density at radius 3 is 2.58 bits per heavy atom. The Morgan fingerprint density at radius 2 is 1.92 bits per heavy atom. The lowest BCUT2D eigenvalue weighted by atomic mass is 9.81. The van der Waals surface area contributed by atoms with Crippen molar-refractivity contribution in [1.82, 2.24) is 10.3 Å². The van der Waals surface area contributed by atoms with Gasteiger partial charge in [-0.15, -0.1) is 11.3 Å². The maximum absolute atomic E-state index is 13.7. The zero-order valence-electron chi connectivity index (χ0n) is 23.1. The van der Waals surface area contributed by atoms with Gasteiger partial charge < -0.3 is 5.32 Å². The third kappa shape index (κ3) is 8.33. The first-order valence-corrected chi connectivity index (χ1v) is 14.9. The minimum atomic E-state index is -0.505. The number of fused-ring (bicyclic) bond motifs is 1. The van der Waals surface area contributed by atoms with Gasteiger partial charge in [-0.25, -0.2) is 4.98 Å². The van der Waals surface area contributed by atoms with E-state index in [0.717, 1.165) is 47.3 Å². The number of ketones is 2. The van der Waals surface area contributed by atoms with Crippen molar-refractivity contribution in [1.29, 1.82) is 5.26 Å². The molecule has 1 aromatic carbocycles. The highest BCUT2D eigenvalue weighted by Crippen LogP contribution is 2.31. The van der Waals surface area contributed by atoms with Crippen molar-refractivity contribution in [3.8, 4) is 6.07 Å². The van der Waals surface area contributed by atoms with Crippen molar-refractivity contribution in [2.24, 2.45) is 11.8 Å². The van der Waals surface area contributed by atoms with Crippen LogP contribution >= 0.6 is 11.3 Å². The number of nitrogens with one attached hydrogen (secondary N) is 1. The summed E-state index contributed by atoms with van der Waals surface area (Å²) in [6, 6.07) is 7.98. The van der Waals surface area contributed by atoms with Crippen molar-refractivity contribution in [3.63, 3.8) is 0 Å². The second kappa shape index (κ2) is 14.3. The molecular formula is C31H41N3O3S. The second-order valence-corrected chi connectivity index (χ2v) is 12.1. The molecule has 6 nitrogen and oxygen atoms in total. The summed E-state index contributed by atoms with van der Waals surface area (Å²) >= 11 is 1.59. The largest absolute Gasteiger partial charge is 0.353 e. The van der Waals surface area contributed by atoms with E-state index >= 15 is 0 Å². The fraction of sp³-hybridized carbons (Fsp3) is 0.581. The number of Topliss-reactive ketones (excluding diaryl/α,β-unsaturated/α-hetero) is 2. The SMILES string of the molecule is C=C(C#N)C(=O)CC[C@@H](NC(=O)[C@@H](CC(=O)CCC)Cc1nc2ccc(C(C)C)cc2s1)C1CCCCC1. The fourth-order valence-electron chi connectivity index (χ4n) is 5.32. The Morgan fingerprint density at radius 1 is 1.18 bits per heavy atom. The van der Waals surface area contributed by atoms with Gasteiger partial charge in [-0.05, 0) is 55.2 Å². The molecule has 204 valence electrons. The van der Waals surface area contributed by atoms with Crippen LogP contribution in [0.25, 0.3) is 10.2 Å². The summed E-state index contributed by atoms with van der Waals surface area (Å²) in [4.78, 5) is 43.5. The summed E-state index contributed by atoms with van der Waals surface area (Å²) in [5.41, 5.74) is 2.13. The predicted octanol–water partition coefficient (Wildman–Crippen LogP) is 6.83. The van der Waals surface area contributed by atoms with Crippen LogP contribution in [-0.2, 0) is 20.8 Å². The minimum Gasteiger partial charge on any atom is -0.353 e. The second-order valence-electron chi connectivity index (χ2n) is 10.9. The number of rotatable bonds is 14. The van der Waals surface area contributed by atoms with Gasteiger partial charge in [-0.1, -0.05) is 52.7 Å². The Labute approximate surface area is 230 Å². The van der Waals surface area contributed by atoms with Gasteiger partial charge in [0.05, 0.1) is 26.7 Å². The van der Waals surface area contributed by atoms with E-state index in [0.29, 0.717) is 31.1 Å². The first kappa shape index (κ1) is 29.7. The molecule has 3 rings (SSSR count). The zero-order chi connectivity index (χ0) is 27.7. The lowest BCUT2D eigenvalue weighted by Crippen LogP contribution is -2.45. The standard InChI is InChI=1S/C31H41N3O3S/c1-5-9-25(35)16-24(18-30-33-27-13-12-23(20(2)3)17-29(27)38-30)31(37)34-26(22-10-7-6-8-11-22)14-15-28(36)21(4)19-32/h12-13,17,20,22,24,26H,4-11,14-16,18H2,1-3H3,(H,34,37)/t24-,26+/m0/s1. The quantitative estimate of drug-likeness (QED) is 0.211. The number of hydrogen-bond donors (Lipinski definition) is 1. The number of allylic oxidation sites excluding steroid dienone is 1. The van der Waals surface area contributed by atoms with Gasteiger partial charge in [-0.3, -0.25) is 14.4 Å². The minimum absolute atomic E-state index is 0.0433. The molecule has 1 N–H and O–H groups in total. The van der Waals surface area contributed by atoms with E-state index < -0.39 is 5.92 Å². The van der Waals surface area contributed by atoms with Crippen molar-refractivity contribution < 1.29 is 14.4 Å². The van der Waals surface area contributed by atoms with Crippen molar-refractivity contribution >= 4 is 39.0 Å². The number of nitrogens with zero attached hydrogens (tertiary/aromatic N) is 2. The van der Waals surface area contributed by atoms with Crippen molar-refractivity contribution in [2.45, 2.75) is 103 Å².